The van der Waals surface area contributed by atoms with Crippen LogP contribution in [0, 0.1) is 5.92 Å². The first-order valence-electron chi connectivity index (χ1n) is 8.82. The maximum absolute atomic E-state index is 12.2. The summed E-state index contributed by atoms with van der Waals surface area (Å²) in [4.78, 5) is 12.2. The fraction of sp³-hybridized carbons (Fsp3) is 0.227. The van der Waals surface area contributed by atoms with Crippen LogP contribution in [0.2, 0.25) is 0 Å². The van der Waals surface area contributed by atoms with Crippen LogP contribution in [0.4, 0.5) is 0 Å². The molecule has 0 saturated carbocycles. The Labute approximate surface area is 146 Å². The molecule has 3 nitrogen and oxygen atoms in total. The van der Waals surface area contributed by atoms with E-state index in [1.54, 1.807) is 12.1 Å². The highest BCUT2D eigenvalue weighted by atomic mass is 16.3. The van der Waals surface area contributed by atoms with Gasteiger partial charge < -0.3 is 9.73 Å². The number of nitrogens with one attached hydrogen (secondary N) is 1. The molecule has 3 aliphatic carbocycles. The van der Waals surface area contributed by atoms with Crippen molar-refractivity contribution in [1.29, 1.82) is 0 Å². The van der Waals surface area contributed by atoms with Crippen LogP contribution in [0.1, 0.15) is 51.1 Å². The van der Waals surface area contributed by atoms with Crippen molar-refractivity contribution in [2.45, 2.75) is 18.3 Å². The van der Waals surface area contributed by atoms with E-state index in [2.05, 4.69) is 53.8 Å². The van der Waals surface area contributed by atoms with Crippen LogP contribution in [-0.4, -0.2) is 12.5 Å². The third-order valence-electron chi connectivity index (χ3n) is 5.69. The van der Waals surface area contributed by atoms with Crippen LogP contribution in [0.25, 0.3) is 0 Å². The Hall–Kier alpha value is -2.81. The molecule has 0 aliphatic heterocycles. The second-order valence-electron chi connectivity index (χ2n) is 6.97. The summed E-state index contributed by atoms with van der Waals surface area (Å²) in [7, 11) is 0. The van der Waals surface area contributed by atoms with Gasteiger partial charge in [-0.05, 0) is 46.7 Å². The molecule has 3 aromatic rings. The van der Waals surface area contributed by atoms with Gasteiger partial charge in [0, 0.05) is 18.4 Å². The van der Waals surface area contributed by atoms with E-state index in [1.165, 1.54) is 28.5 Å². The minimum absolute atomic E-state index is 0.131. The Morgan fingerprint density at radius 3 is 2.16 bits per heavy atom. The maximum Gasteiger partial charge on any atom is 0.286 e. The Balaban J connectivity index is 1.47. The van der Waals surface area contributed by atoms with Crippen molar-refractivity contribution in [1.82, 2.24) is 5.32 Å². The lowest BCUT2D eigenvalue weighted by atomic mass is 9.59. The average Bonchev–Trinajstić information content (AvgIpc) is 3.21. The smallest absolute Gasteiger partial charge is 0.286 e. The maximum atomic E-state index is 12.2. The van der Waals surface area contributed by atoms with Gasteiger partial charge in [-0.1, -0.05) is 48.5 Å². The fourth-order valence-electron chi connectivity index (χ4n) is 4.68. The number of rotatable bonds is 3. The lowest BCUT2D eigenvalue weighted by molar-refractivity contribution is 0.0915. The molecule has 1 heterocycles. The number of fused-ring (bicyclic) bond motifs is 1. The first kappa shape index (κ1) is 14.5. The standard InChI is InChI=1S/C22H19NO2/c24-22(20-10-5-11-25-20)23-13-14-12-19-15-6-1-3-8-17(15)21(14)18-9-4-2-7-16(18)19/h1-11,14,19,21H,12-13H2,(H,23,24)/t14-,19?,21?/m1/s1. The number of amides is 1. The quantitative estimate of drug-likeness (QED) is 0.778. The SMILES string of the molecule is O=C(NC[C@H]1CC2c3ccccc3C1c1ccccc12)c1ccco1. The Morgan fingerprint density at radius 2 is 1.56 bits per heavy atom. The zero-order valence-corrected chi connectivity index (χ0v) is 13.8. The monoisotopic (exact) mass is 329 g/mol. The highest BCUT2D eigenvalue weighted by Crippen LogP contribution is 2.55. The average molecular weight is 329 g/mol. The van der Waals surface area contributed by atoms with E-state index in [4.69, 9.17) is 4.42 Å². The number of benzene rings is 2. The molecule has 2 aromatic carbocycles. The molecule has 0 saturated heterocycles. The molecular formula is C22H19NO2. The van der Waals surface area contributed by atoms with E-state index in [1.807, 2.05) is 0 Å². The van der Waals surface area contributed by atoms with E-state index < -0.39 is 0 Å². The van der Waals surface area contributed by atoms with Gasteiger partial charge in [0.2, 0.25) is 0 Å². The molecule has 1 N–H and O–H groups in total. The normalized spacial score (nSPS) is 23.0. The van der Waals surface area contributed by atoms with Gasteiger partial charge in [0.15, 0.2) is 5.76 Å². The first-order chi connectivity index (χ1) is 12.3. The van der Waals surface area contributed by atoms with Crippen LogP contribution in [-0.2, 0) is 0 Å². The van der Waals surface area contributed by atoms with Gasteiger partial charge in [-0.25, -0.2) is 0 Å². The van der Waals surface area contributed by atoms with Crippen molar-refractivity contribution >= 4 is 5.91 Å². The van der Waals surface area contributed by atoms with Gasteiger partial charge in [-0.3, -0.25) is 4.79 Å². The summed E-state index contributed by atoms with van der Waals surface area (Å²) in [5.74, 6) is 1.45. The van der Waals surface area contributed by atoms with Crippen LogP contribution < -0.4 is 5.32 Å². The Kier molecular flexibility index (Phi) is 3.27. The molecule has 3 heteroatoms. The van der Waals surface area contributed by atoms with Crippen LogP contribution in [0.3, 0.4) is 0 Å². The van der Waals surface area contributed by atoms with E-state index in [-0.39, 0.29) is 5.91 Å². The van der Waals surface area contributed by atoms with Crippen molar-refractivity contribution in [3.8, 4) is 0 Å². The molecule has 0 radical (unpaired) electrons. The Morgan fingerprint density at radius 1 is 0.920 bits per heavy atom. The number of carbonyl (C=O) groups is 1. The van der Waals surface area contributed by atoms with E-state index >= 15 is 0 Å². The number of carbonyl (C=O) groups excluding carboxylic acids is 1. The Bertz CT molecular complexity index is 881. The fourth-order valence-corrected chi connectivity index (χ4v) is 4.68. The third kappa shape index (κ3) is 2.23. The highest BCUT2D eigenvalue weighted by molar-refractivity contribution is 5.91. The summed E-state index contributed by atoms with van der Waals surface area (Å²) in [6.07, 6.45) is 2.61. The molecule has 6 rings (SSSR count). The van der Waals surface area contributed by atoms with Gasteiger partial charge in [0.25, 0.3) is 5.91 Å². The lowest BCUT2D eigenvalue weighted by Crippen LogP contribution is -2.39. The molecule has 124 valence electrons. The minimum atomic E-state index is -0.131. The zero-order chi connectivity index (χ0) is 16.8. The summed E-state index contributed by atoms with van der Waals surface area (Å²) in [5.41, 5.74) is 5.77. The molecule has 0 unspecified atom stereocenters. The predicted octanol–water partition coefficient (Wildman–Crippen LogP) is 4.31. The summed E-state index contributed by atoms with van der Waals surface area (Å²) >= 11 is 0. The van der Waals surface area contributed by atoms with Crippen LogP contribution >= 0.6 is 0 Å². The molecule has 25 heavy (non-hydrogen) atoms. The molecule has 0 fully saturated rings. The summed E-state index contributed by atoms with van der Waals surface area (Å²) in [6, 6.07) is 21.0. The van der Waals surface area contributed by atoms with Gasteiger partial charge in [-0.2, -0.15) is 0 Å². The van der Waals surface area contributed by atoms with Crippen LogP contribution in [0.15, 0.2) is 71.3 Å². The molecule has 1 atom stereocenters. The summed E-state index contributed by atoms with van der Waals surface area (Å²) in [6.45, 7) is 0.670. The van der Waals surface area contributed by atoms with Crippen molar-refractivity contribution < 1.29 is 9.21 Å². The zero-order valence-electron chi connectivity index (χ0n) is 13.8. The van der Waals surface area contributed by atoms with Crippen molar-refractivity contribution in [3.05, 3.63) is 94.9 Å². The van der Waals surface area contributed by atoms with Gasteiger partial charge >= 0.3 is 0 Å². The van der Waals surface area contributed by atoms with Crippen molar-refractivity contribution in [3.63, 3.8) is 0 Å². The first-order valence-corrected chi connectivity index (χ1v) is 8.82. The van der Waals surface area contributed by atoms with Crippen LogP contribution in [0.5, 0.6) is 0 Å². The molecule has 3 aliphatic rings. The molecule has 2 bridgehead atoms. The highest BCUT2D eigenvalue weighted by Gasteiger charge is 2.42. The molecule has 0 spiro atoms. The summed E-state index contributed by atoms with van der Waals surface area (Å²) in [5, 5.41) is 3.07. The number of hydrogen-bond acceptors (Lipinski definition) is 2. The second kappa shape index (κ2) is 5.62. The number of furan rings is 1. The predicted molar refractivity (Wildman–Crippen MR) is 95.7 cm³/mol. The van der Waals surface area contributed by atoms with Gasteiger partial charge in [0.05, 0.1) is 6.26 Å². The van der Waals surface area contributed by atoms with E-state index in [0.717, 1.165) is 6.42 Å². The van der Waals surface area contributed by atoms with Gasteiger partial charge in [0.1, 0.15) is 0 Å². The lowest BCUT2D eigenvalue weighted by Gasteiger charge is -2.45. The number of hydrogen-bond donors (Lipinski definition) is 1. The summed E-state index contributed by atoms with van der Waals surface area (Å²) < 4.78 is 5.20. The largest absolute Gasteiger partial charge is 0.459 e. The molecule has 1 aromatic heterocycles. The molecular weight excluding hydrogens is 310 g/mol. The minimum Gasteiger partial charge on any atom is -0.459 e. The third-order valence-corrected chi connectivity index (χ3v) is 5.69. The van der Waals surface area contributed by atoms with Crippen molar-refractivity contribution in [2.24, 2.45) is 5.92 Å². The second-order valence-corrected chi connectivity index (χ2v) is 6.97. The van der Waals surface area contributed by atoms with Gasteiger partial charge in [-0.15, -0.1) is 0 Å². The topological polar surface area (TPSA) is 42.2 Å². The van der Waals surface area contributed by atoms with E-state index in [9.17, 15) is 4.79 Å². The van der Waals surface area contributed by atoms with Crippen molar-refractivity contribution in [2.75, 3.05) is 6.54 Å². The molecule has 1 amide bonds. The van der Waals surface area contributed by atoms with E-state index in [0.29, 0.717) is 30.1 Å².